The maximum Gasteiger partial charge on any atom is 0.306 e. The predicted octanol–water partition coefficient (Wildman–Crippen LogP) is 0.763. The van der Waals surface area contributed by atoms with Gasteiger partial charge < -0.3 is 8.37 Å². The van der Waals surface area contributed by atoms with E-state index in [-0.39, 0.29) is 16.5 Å². The van der Waals surface area contributed by atoms with Gasteiger partial charge in [-0.1, -0.05) is 24.3 Å². The standard InChI is InChI=1S/C12H12O9S3/c1-22(13,14)20-10-7-11(21-23(2,15)16)12(24(17,18)19)9-6-4-3-5-8(9)10/h3-7H,1-2H3,(H,17,18,19). The van der Waals surface area contributed by atoms with Gasteiger partial charge in [-0.2, -0.15) is 25.3 Å². The molecule has 9 nitrogen and oxygen atoms in total. The first-order valence-electron chi connectivity index (χ1n) is 6.10. The summed E-state index contributed by atoms with van der Waals surface area (Å²) in [6.45, 7) is 0. The van der Waals surface area contributed by atoms with E-state index in [0.717, 1.165) is 12.3 Å². The summed E-state index contributed by atoms with van der Waals surface area (Å²) in [5.74, 6) is -1.13. The Bertz CT molecular complexity index is 1110. The number of hydrogen-bond acceptors (Lipinski definition) is 8. The van der Waals surface area contributed by atoms with E-state index in [9.17, 15) is 29.8 Å². The van der Waals surface area contributed by atoms with Crippen molar-refractivity contribution in [1.29, 1.82) is 0 Å². The van der Waals surface area contributed by atoms with Gasteiger partial charge in [-0.3, -0.25) is 4.55 Å². The average molecular weight is 396 g/mol. The summed E-state index contributed by atoms with van der Waals surface area (Å²) in [5.41, 5.74) is 0. The Morgan fingerprint density at radius 1 is 0.792 bits per heavy atom. The molecule has 0 radical (unpaired) electrons. The molecule has 2 aromatic rings. The van der Waals surface area contributed by atoms with Gasteiger partial charge in [0.05, 0.1) is 12.5 Å². The molecule has 132 valence electrons. The summed E-state index contributed by atoms with van der Waals surface area (Å²) in [6, 6.07) is 6.23. The molecule has 0 aliphatic rings. The van der Waals surface area contributed by atoms with Crippen LogP contribution < -0.4 is 8.37 Å². The second-order valence-corrected chi connectivity index (χ2v) is 9.31. The lowest BCUT2D eigenvalue weighted by Gasteiger charge is -2.14. The molecule has 2 aromatic carbocycles. The molecule has 2 rings (SSSR count). The molecule has 0 bridgehead atoms. The fourth-order valence-electron chi connectivity index (χ4n) is 2.01. The van der Waals surface area contributed by atoms with Gasteiger partial charge in [0, 0.05) is 16.8 Å². The van der Waals surface area contributed by atoms with Crippen molar-refractivity contribution in [2.75, 3.05) is 12.5 Å². The van der Waals surface area contributed by atoms with Crippen LogP contribution in [0.25, 0.3) is 10.8 Å². The minimum absolute atomic E-state index is 0.0244. The summed E-state index contributed by atoms with van der Waals surface area (Å²) in [6.07, 6.45) is 1.42. The second kappa shape index (κ2) is 5.88. The van der Waals surface area contributed by atoms with Crippen LogP contribution in [0.4, 0.5) is 0 Å². The van der Waals surface area contributed by atoms with E-state index in [1.54, 1.807) is 0 Å². The molecule has 12 heteroatoms. The third-order valence-corrected chi connectivity index (χ3v) is 4.57. The minimum atomic E-state index is -4.89. The summed E-state index contributed by atoms with van der Waals surface area (Å²) in [7, 11) is -13.1. The van der Waals surface area contributed by atoms with E-state index in [2.05, 4.69) is 4.18 Å². The first kappa shape index (κ1) is 18.4. The van der Waals surface area contributed by atoms with Crippen LogP contribution in [0.5, 0.6) is 11.5 Å². The molecule has 0 spiro atoms. The zero-order valence-corrected chi connectivity index (χ0v) is 14.8. The Balaban J connectivity index is 2.97. The average Bonchev–Trinajstić information content (AvgIpc) is 2.33. The van der Waals surface area contributed by atoms with Gasteiger partial charge in [-0.05, 0) is 0 Å². The second-order valence-electron chi connectivity index (χ2n) is 4.80. The Hall–Kier alpha value is -1.89. The lowest BCUT2D eigenvalue weighted by Crippen LogP contribution is -2.12. The Kier molecular flexibility index (Phi) is 4.52. The highest BCUT2D eigenvalue weighted by Crippen LogP contribution is 2.39. The van der Waals surface area contributed by atoms with Crippen molar-refractivity contribution in [3.8, 4) is 11.5 Å². The number of fused-ring (bicyclic) bond motifs is 1. The fraction of sp³-hybridized carbons (Fsp3) is 0.167. The molecule has 0 amide bonds. The SMILES string of the molecule is CS(=O)(=O)Oc1cc(OS(C)(=O)=O)c2ccccc2c1S(=O)(=O)O. The fourth-order valence-corrected chi connectivity index (χ4v) is 3.80. The normalized spacial score (nSPS) is 13.0. The van der Waals surface area contributed by atoms with E-state index < -0.39 is 41.0 Å². The van der Waals surface area contributed by atoms with E-state index in [1.807, 2.05) is 0 Å². The summed E-state index contributed by atoms with van der Waals surface area (Å²) < 4.78 is 87.6. The zero-order chi connectivity index (χ0) is 18.3. The van der Waals surface area contributed by atoms with Crippen LogP contribution in [0.3, 0.4) is 0 Å². The third kappa shape index (κ3) is 4.35. The largest absolute Gasteiger partial charge is 0.382 e. The molecule has 24 heavy (non-hydrogen) atoms. The predicted molar refractivity (Wildman–Crippen MR) is 84.7 cm³/mol. The Morgan fingerprint density at radius 2 is 1.25 bits per heavy atom. The van der Waals surface area contributed by atoms with E-state index in [4.69, 9.17) is 4.18 Å². The van der Waals surface area contributed by atoms with Gasteiger partial charge >= 0.3 is 20.2 Å². The first-order valence-corrected chi connectivity index (χ1v) is 11.2. The van der Waals surface area contributed by atoms with Crippen molar-refractivity contribution in [3.05, 3.63) is 30.3 Å². The van der Waals surface area contributed by atoms with Crippen LogP contribution in [0.1, 0.15) is 0 Å². The highest BCUT2D eigenvalue weighted by molar-refractivity contribution is 7.87. The summed E-state index contributed by atoms with van der Waals surface area (Å²) in [5, 5.41) is -0.142. The monoisotopic (exact) mass is 396 g/mol. The van der Waals surface area contributed by atoms with Crippen molar-refractivity contribution in [2.24, 2.45) is 0 Å². The minimum Gasteiger partial charge on any atom is -0.382 e. The lowest BCUT2D eigenvalue weighted by molar-refractivity contribution is 0.466. The number of hydrogen-bond donors (Lipinski definition) is 1. The van der Waals surface area contributed by atoms with E-state index >= 15 is 0 Å². The van der Waals surface area contributed by atoms with Gasteiger partial charge in [0.2, 0.25) is 0 Å². The van der Waals surface area contributed by atoms with Crippen LogP contribution in [0.2, 0.25) is 0 Å². The van der Waals surface area contributed by atoms with Gasteiger partial charge in [-0.15, -0.1) is 0 Å². The van der Waals surface area contributed by atoms with Gasteiger partial charge in [0.15, 0.2) is 11.5 Å². The molecule has 0 unspecified atom stereocenters. The molecule has 0 atom stereocenters. The lowest BCUT2D eigenvalue weighted by atomic mass is 10.1. The zero-order valence-electron chi connectivity index (χ0n) is 12.3. The molecule has 0 heterocycles. The van der Waals surface area contributed by atoms with Crippen LogP contribution in [-0.2, 0) is 30.4 Å². The van der Waals surface area contributed by atoms with Gasteiger partial charge in [0.25, 0.3) is 10.1 Å². The van der Waals surface area contributed by atoms with Crippen LogP contribution >= 0.6 is 0 Å². The Labute approximate surface area is 138 Å². The molecule has 1 N–H and O–H groups in total. The molecule has 0 aromatic heterocycles. The number of benzene rings is 2. The van der Waals surface area contributed by atoms with Crippen molar-refractivity contribution in [1.82, 2.24) is 0 Å². The van der Waals surface area contributed by atoms with Crippen molar-refractivity contribution < 1.29 is 38.2 Å². The highest BCUT2D eigenvalue weighted by atomic mass is 32.2. The first-order chi connectivity index (χ1) is 10.8. The van der Waals surface area contributed by atoms with Crippen molar-refractivity contribution in [3.63, 3.8) is 0 Å². The van der Waals surface area contributed by atoms with Crippen molar-refractivity contribution >= 4 is 41.1 Å². The number of rotatable bonds is 5. The smallest absolute Gasteiger partial charge is 0.306 e. The van der Waals surface area contributed by atoms with E-state index in [1.165, 1.54) is 24.3 Å². The molecule has 0 saturated carbocycles. The van der Waals surface area contributed by atoms with Crippen LogP contribution in [0, 0.1) is 0 Å². The molecular weight excluding hydrogens is 384 g/mol. The van der Waals surface area contributed by atoms with Crippen LogP contribution in [-0.4, -0.2) is 42.3 Å². The van der Waals surface area contributed by atoms with Gasteiger partial charge in [0.1, 0.15) is 4.90 Å². The summed E-state index contributed by atoms with van der Waals surface area (Å²) >= 11 is 0. The van der Waals surface area contributed by atoms with Gasteiger partial charge in [-0.25, -0.2) is 0 Å². The molecular formula is C12H12O9S3. The summed E-state index contributed by atoms with van der Waals surface area (Å²) in [4.78, 5) is -0.815. The molecule has 0 fully saturated rings. The molecule has 0 aliphatic heterocycles. The van der Waals surface area contributed by atoms with E-state index in [0.29, 0.717) is 6.26 Å². The topological polar surface area (TPSA) is 141 Å². The maximum atomic E-state index is 11.7. The van der Waals surface area contributed by atoms with Crippen LogP contribution in [0.15, 0.2) is 35.2 Å². The van der Waals surface area contributed by atoms with Crippen molar-refractivity contribution in [2.45, 2.75) is 4.90 Å². The highest BCUT2D eigenvalue weighted by Gasteiger charge is 2.26. The Morgan fingerprint density at radius 3 is 1.71 bits per heavy atom. The molecule has 0 saturated heterocycles. The quantitative estimate of drug-likeness (QED) is 0.572. The molecule has 0 aliphatic carbocycles. The maximum absolute atomic E-state index is 11.7. The third-order valence-electron chi connectivity index (χ3n) is 2.66.